The van der Waals surface area contributed by atoms with Crippen molar-refractivity contribution in [3.8, 4) is 6.07 Å². The molecule has 0 unspecified atom stereocenters. The number of nitrogens with zero attached hydrogens (tertiary/aromatic N) is 3. The van der Waals surface area contributed by atoms with E-state index >= 15 is 0 Å². The lowest BCUT2D eigenvalue weighted by Gasteiger charge is -2.24. The van der Waals surface area contributed by atoms with Gasteiger partial charge in [-0.15, -0.1) is 0 Å². The number of anilines is 3. The number of furan rings is 1. The molecule has 2 heterocycles. The number of hydrogen-bond donors (Lipinski definition) is 3. The lowest BCUT2D eigenvalue weighted by atomic mass is 10.2. The molecule has 0 atom stereocenters. The molecule has 8 heteroatoms. The van der Waals surface area contributed by atoms with Gasteiger partial charge in [-0.3, -0.25) is 0 Å². The van der Waals surface area contributed by atoms with Gasteiger partial charge in [-0.2, -0.15) is 5.26 Å². The average Bonchev–Trinajstić information content (AvgIpc) is 3.19. The smallest absolute Gasteiger partial charge is 0.323 e. The molecule has 1 aliphatic rings. The Morgan fingerprint density at radius 3 is 2.71 bits per heavy atom. The number of hydrogen-bond acceptors (Lipinski definition) is 6. The Kier molecular flexibility index (Phi) is 4.40. The Bertz CT molecular complexity index is 1190. The summed E-state index contributed by atoms with van der Waals surface area (Å²) in [6.45, 7) is 0.356. The van der Waals surface area contributed by atoms with E-state index in [1.165, 1.54) is 0 Å². The van der Waals surface area contributed by atoms with Crippen LogP contribution in [0.25, 0.3) is 5.82 Å². The topological polar surface area (TPSA) is 120 Å². The minimum atomic E-state index is -0.398. The molecule has 0 bridgehead atoms. The third-order valence-corrected chi connectivity index (χ3v) is 4.25. The Hall–Kier alpha value is -4.25. The fourth-order valence-corrected chi connectivity index (χ4v) is 2.88. The van der Waals surface area contributed by atoms with Gasteiger partial charge in [0.2, 0.25) is 5.55 Å². The van der Waals surface area contributed by atoms with Crippen LogP contribution in [-0.4, -0.2) is 12.7 Å². The molecule has 0 radical (unpaired) electrons. The van der Waals surface area contributed by atoms with Crippen LogP contribution >= 0.6 is 0 Å². The van der Waals surface area contributed by atoms with Crippen molar-refractivity contribution in [1.82, 2.24) is 0 Å². The van der Waals surface area contributed by atoms with Crippen molar-refractivity contribution in [2.75, 3.05) is 22.2 Å². The normalized spacial score (nSPS) is 12.5. The van der Waals surface area contributed by atoms with Crippen molar-refractivity contribution < 1.29 is 9.21 Å². The second kappa shape index (κ2) is 7.17. The highest BCUT2D eigenvalue weighted by Crippen LogP contribution is 2.21. The first-order valence-corrected chi connectivity index (χ1v) is 8.47. The number of rotatable bonds is 3. The number of carbonyl (C=O) groups excluding carboxylic acids is 1. The number of nitriles is 1. The van der Waals surface area contributed by atoms with Crippen molar-refractivity contribution in [1.29, 1.82) is 5.26 Å². The first kappa shape index (κ1) is 17.2. The highest BCUT2D eigenvalue weighted by Gasteiger charge is 2.15. The number of fused-ring (bicyclic) bond motifs is 1. The predicted molar refractivity (Wildman–Crippen MR) is 105 cm³/mol. The van der Waals surface area contributed by atoms with Crippen LogP contribution in [0.1, 0.15) is 5.56 Å². The van der Waals surface area contributed by atoms with Gasteiger partial charge < -0.3 is 25.7 Å². The standard InChI is InChI=1S/C20H16N6O2/c21-11-13-2-1-3-15(10-13)25-20(27)24-14-4-6-16(7-5-14)26-12-23-19-17(18(26)22)8-9-28-19/h1-10H,12,22H2,(H2,24,25,27). The van der Waals surface area contributed by atoms with Crippen LogP contribution in [0.4, 0.5) is 21.9 Å². The van der Waals surface area contributed by atoms with Crippen LogP contribution in [0.2, 0.25) is 0 Å². The van der Waals surface area contributed by atoms with Crippen molar-refractivity contribution in [2.45, 2.75) is 0 Å². The molecule has 28 heavy (non-hydrogen) atoms. The van der Waals surface area contributed by atoms with Crippen LogP contribution < -0.4 is 32.0 Å². The molecule has 1 aliphatic heterocycles. The Labute approximate surface area is 160 Å². The Morgan fingerprint density at radius 2 is 1.93 bits per heavy atom. The van der Waals surface area contributed by atoms with E-state index in [1.54, 1.807) is 48.7 Å². The van der Waals surface area contributed by atoms with Crippen LogP contribution in [0.3, 0.4) is 0 Å². The van der Waals surface area contributed by atoms with Crippen molar-refractivity contribution in [3.05, 3.63) is 77.2 Å². The van der Waals surface area contributed by atoms with Crippen LogP contribution in [0.15, 0.2) is 70.3 Å². The summed E-state index contributed by atoms with van der Waals surface area (Å²) in [5.74, 6) is 0.564. The maximum Gasteiger partial charge on any atom is 0.323 e. The molecule has 0 saturated carbocycles. The largest absolute Gasteiger partial charge is 0.446 e. The van der Waals surface area contributed by atoms with E-state index in [4.69, 9.17) is 15.4 Å². The highest BCUT2D eigenvalue weighted by molar-refractivity contribution is 5.99. The Balaban J connectivity index is 1.45. The van der Waals surface area contributed by atoms with Crippen molar-refractivity contribution >= 4 is 28.9 Å². The Morgan fingerprint density at radius 1 is 1.14 bits per heavy atom. The van der Waals surface area contributed by atoms with Gasteiger partial charge in [-0.1, -0.05) is 6.07 Å². The molecule has 4 rings (SSSR count). The molecule has 1 aromatic heterocycles. The number of urea groups is 1. The zero-order valence-electron chi connectivity index (χ0n) is 14.7. The molecule has 0 spiro atoms. The van der Waals surface area contributed by atoms with Gasteiger partial charge in [0.15, 0.2) is 0 Å². The van der Waals surface area contributed by atoms with Crippen molar-refractivity contribution in [3.63, 3.8) is 0 Å². The molecule has 4 N–H and O–H groups in total. The van der Waals surface area contributed by atoms with Gasteiger partial charge in [-0.05, 0) is 48.5 Å². The molecular weight excluding hydrogens is 356 g/mol. The van der Waals surface area contributed by atoms with Crippen LogP contribution in [-0.2, 0) is 0 Å². The monoisotopic (exact) mass is 372 g/mol. The summed E-state index contributed by atoms with van der Waals surface area (Å²) in [6.07, 6.45) is 1.56. The van der Waals surface area contributed by atoms with E-state index < -0.39 is 6.03 Å². The van der Waals surface area contributed by atoms with Gasteiger partial charge in [-0.25, -0.2) is 9.79 Å². The molecule has 0 aliphatic carbocycles. The average molecular weight is 372 g/mol. The summed E-state index contributed by atoms with van der Waals surface area (Å²) >= 11 is 0. The second-order valence-corrected chi connectivity index (χ2v) is 6.07. The quantitative estimate of drug-likeness (QED) is 0.649. The maximum atomic E-state index is 12.2. The van der Waals surface area contributed by atoms with Crippen LogP contribution in [0, 0.1) is 11.3 Å². The first-order valence-electron chi connectivity index (χ1n) is 8.47. The second-order valence-electron chi connectivity index (χ2n) is 6.07. The number of amides is 2. The van der Waals surface area contributed by atoms with E-state index in [0.717, 1.165) is 10.9 Å². The summed E-state index contributed by atoms with van der Waals surface area (Å²) in [5, 5.41) is 15.1. The van der Waals surface area contributed by atoms with Gasteiger partial charge in [0, 0.05) is 17.1 Å². The molecule has 0 saturated heterocycles. The lowest BCUT2D eigenvalue weighted by Crippen LogP contribution is -2.42. The third kappa shape index (κ3) is 3.37. The summed E-state index contributed by atoms with van der Waals surface area (Å²) < 4.78 is 5.27. The molecule has 2 amide bonds. The van der Waals surface area contributed by atoms with Crippen LogP contribution in [0.5, 0.6) is 0 Å². The van der Waals surface area contributed by atoms with Gasteiger partial charge in [0.05, 0.1) is 23.1 Å². The molecule has 3 aromatic rings. The molecule has 0 fully saturated rings. The summed E-state index contributed by atoms with van der Waals surface area (Å²) in [4.78, 5) is 18.4. The van der Waals surface area contributed by atoms with Gasteiger partial charge in [0.1, 0.15) is 12.5 Å². The lowest BCUT2D eigenvalue weighted by molar-refractivity contribution is 0.262. The minimum Gasteiger partial charge on any atom is -0.446 e. The fourth-order valence-electron chi connectivity index (χ4n) is 2.88. The zero-order chi connectivity index (χ0) is 19.5. The number of nitrogens with one attached hydrogen (secondary N) is 2. The van der Waals surface area contributed by atoms with Gasteiger partial charge >= 0.3 is 6.03 Å². The van der Waals surface area contributed by atoms with E-state index in [1.807, 2.05) is 23.1 Å². The minimum absolute atomic E-state index is 0.356. The van der Waals surface area contributed by atoms with E-state index in [2.05, 4.69) is 15.6 Å². The molecule has 8 nitrogen and oxygen atoms in total. The van der Waals surface area contributed by atoms with E-state index in [0.29, 0.717) is 35.0 Å². The van der Waals surface area contributed by atoms with Gasteiger partial charge in [0.25, 0.3) is 0 Å². The molecule has 2 aromatic carbocycles. The summed E-state index contributed by atoms with van der Waals surface area (Å²) in [5.41, 5.74) is 9.23. The predicted octanol–water partition coefficient (Wildman–Crippen LogP) is 1.92. The number of nitrogens with two attached hydrogens (primary N) is 1. The summed E-state index contributed by atoms with van der Waals surface area (Å²) in [7, 11) is 0. The zero-order valence-corrected chi connectivity index (χ0v) is 14.7. The third-order valence-electron chi connectivity index (χ3n) is 4.25. The molecular formula is C20H16N6O2. The maximum absolute atomic E-state index is 12.2. The number of benzene rings is 2. The fraction of sp³-hybridized carbons (Fsp3) is 0.0500. The number of carbonyl (C=O) groups is 1. The summed E-state index contributed by atoms with van der Waals surface area (Å²) in [6, 6.07) is 17.4. The van der Waals surface area contributed by atoms with Crippen molar-refractivity contribution in [2.24, 2.45) is 10.7 Å². The van der Waals surface area contributed by atoms with E-state index in [9.17, 15) is 4.79 Å². The van der Waals surface area contributed by atoms with E-state index in [-0.39, 0.29) is 0 Å². The first-order chi connectivity index (χ1) is 13.6. The SMILES string of the molecule is N#Cc1cccc(NC(=O)Nc2ccc(N3CN=c4occc4=C3N)cc2)c1. The molecule has 138 valence electrons. The highest BCUT2D eigenvalue weighted by atomic mass is 16.3.